The van der Waals surface area contributed by atoms with E-state index in [-0.39, 0.29) is 0 Å². The van der Waals surface area contributed by atoms with E-state index >= 15 is 0 Å². The molecule has 1 atom stereocenters. The van der Waals surface area contributed by atoms with Crippen LogP contribution in [0.1, 0.15) is 6.42 Å². The first-order chi connectivity index (χ1) is 6.37. The Kier molecular flexibility index (Phi) is 2.70. The van der Waals surface area contributed by atoms with Gasteiger partial charge in [0.25, 0.3) is 5.92 Å². The lowest BCUT2D eigenvalue weighted by Gasteiger charge is -2.19. The molecular weight excluding hydrogens is 198 g/mol. The summed E-state index contributed by atoms with van der Waals surface area (Å²) in [6.45, 7) is -1.32. The average molecular weight is 208 g/mol. The molecule has 14 heavy (non-hydrogen) atoms. The van der Waals surface area contributed by atoms with Gasteiger partial charge in [0.15, 0.2) is 0 Å². The number of halogens is 2. The number of alkyl halides is 2. The van der Waals surface area contributed by atoms with Crippen molar-refractivity contribution in [3.8, 4) is 0 Å². The fourth-order valence-corrected chi connectivity index (χ4v) is 1.42. The summed E-state index contributed by atoms with van der Waals surface area (Å²) in [6.07, 6.45) is -0.839. The van der Waals surface area contributed by atoms with E-state index in [4.69, 9.17) is 10.8 Å². The van der Waals surface area contributed by atoms with Gasteiger partial charge in [-0.05, 0) is 0 Å². The van der Waals surface area contributed by atoms with Gasteiger partial charge in [-0.15, -0.1) is 0 Å². The van der Waals surface area contributed by atoms with Gasteiger partial charge in [-0.1, -0.05) is 0 Å². The number of hydrogen-bond donors (Lipinski definition) is 2. The summed E-state index contributed by atoms with van der Waals surface area (Å²) in [5.41, 5.74) is 4.97. The van der Waals surface area contributed by atoms with Gasteiger partial charge in [0.1, 0.15) is 6.04 Å². The van der Waals surface area contributed by atoms with E-state index in [0.29, 0.717) is 4.90 Å². The zero-order valence-corrected chi connectivity index (χ0v) is 7.24. The van der Waals surface area contributed by atoms with Crippen LogP contribution in [0, 0.1) is 0 Å². The molecule has 3 N–H and O–H groups in total. The van der Waals surface area contributed by atoms with Gasteiger partial charge in [0.2, 0.25) is 5.91 Å². The number of likely N-dealkylation sites (tertiary alicyclic amines) is 1. The lowest BCUT2D eigenvalue weighted by Crippen LogP contribution is -2.43. The first-order valence-corrected chi connectivity index (χ1v) is 3.97. The first kappa shape index (κ1) is 10.8. The molecule has 0 radical (unpaired) electrons. The Hall–Kier alpha value is -1.24. The summed E-state index contributed by atoms with van der Waals surface area (Å²) in [5.74, 6) is -5.33. The first-order valence-electron chi connectivity index (χ1n) is 3.97. The van der Waals surface area contributed by atoms with Crippen LogP contribution in [0.15, 0.2) is 0 Å². The highest BCUT2D eigenvalue weighted by Crippen LogP contribution is 2.31. The second-order valence-corrected chi connectivity index (χ2v) is 3.14. The van der Waals surface area contributed by atoms with Crippen molar-refractivity contribution in [2.24, 2.45) is 5.73 Å². The third-order valence-electron chi connectivity index (χ3n) is 2.05. The van der Waals surface area contributed by atoms with Crippen LogP contribution < -0.4 is 5.73 Å². The van der Waals surface area contributed by atoms with Gasteiger partial charge < -0.3 is 15.7 Å². The minimum Gasteiger partial charge on any atom is -0.480 e. The van der Waals surface area contributed by atoms with Crippen molar-refractivity contribution in [1.29, 1.82) is 0 Å². The second kappa shape index (κ2) is 3.49. The maximum absolute atomic E-state index is 12.8. The SMILES string of the molecule is NCC(=O)N1CC(F)(F)C[C@H]1C(=O)O. The molecular formula is C7H10F2N2O3. The summed E-state index contributed by atoms with van der Waals surface area (Å²) in [5, 5.41) is 8.59. The Morgan fingerprint density at radius 2 is 2.14 bits per heavy atom. The Labute approximate surface area is 78.5 Å². The third-order valence-corrected chi connectivity index (χ3v) is 2.05. The van der Waals surface area contributed by atoms with E-state index in [1.165, 1.54) is 0 Å². The van der Waals surface area contributed by atoms with Crippen LogP contribution in [0.3, 0.4) is 0 Å². The molecule has 0 spiro atoms. The van der Waals surface area contributed by atoms with Gasteiger partial charge in [-0.25, -0.2) is 13.6 Å². The Morgan fingerprint density at radius 1 is 1.57 bits per heavy atom. The van der Waals surface area contributed by atoms with E-state index in [1.807, 2.05) is 0 Å². The lowest BCUT2D eigenvalue weighted by molar-refractivity contribution is -0.147. The number of carbonyl (C=O) groups excluding carboxylic acids is 1. The van der Waals surface area contributed by atoms with Gasteiger partial charge >= 0.3 is 5.97 Å². The van der Waals surface area contributed by atoms with Gasteiger partial charge in [-0.3, -0.25) is 4.79 Å². The van der Waals surface area contributed by atoms with Gasteiger partial charge in [0, 0.05) is 6.42 Å². The molecule has 1 aliphatic rings. The molecule has 80 valence electrons. The highest BCUT2D eigenvalue weighted by molar-refractivity contribution is 5.85. The molecule has 0 unspecified atom stereocenters. The zero-order valence-electron chi connectivity index (χ0n) is 7.24. The quantitative estimate of drug-likeness (QED) is 0.626. The highest BCUT2D eigenvalue weighted by Gasteiger charge is 2.49. The number of rotatable bonds is 2. The molecule has 0 saturated carbocycles. The molecule has 0 aromatic rings. The molecule has 1 aliphatic heterocycles. The Balaban J connectivity index is 2.83. The third kappa shape index (κ3) is 1.98. The minimum atomic E-state index is -3.13. The number of nitrogens with zero attached hydrogens (tertiary/aromatic N) is 1. The predicted molar refractivity (Wildman–Crippen MR) is 41.8 cm³/mol. The number of carboxylic acids is 1. The predicted octanol–water partition coefficient (Wildman–Crippen LogP) is -0.734. The zero-order chi connectivity index (χ0) is 10.9. The van der Waals surface area contributed by atoms with Crippen LogP contribution in [-0.2, 0) is 9.59 Å². The summed E-state index contributed by atoms with van der Waals surface area (Å²) >= 11 is 0. The summed E-state index contributed by atoms with van der Waals surface area (Å²) < 4.78 is 25.6. The number of hydrogen-bond acceptors (Lipinski definition) is 3. The number of aliphatic carboxylic acids is 1. The second-order valence-electron chi connectivity index (χ2n) is 3.14. The summed E-state index contributed by atoms with van der Waals surface area (Å²) in [7, 11) is 0. The molecule has 1 rings (SSSR count). The smallest absolute Gasteiger partial charge is 0.326 e. The van der Waals surface area contributed by atoms with Crippen LogP contribution >= 0.6 is 0 Å². The maximum atomic E-state index is 12.8. The van der Waals surface area contributed by atoms with Crippen LogP contribution in [-0.4, -0.2) is 46.9 Å². The van der Waals surface area contributed by atoms with Gasteiger partial charge in [-0.2, -0.15) is 0 Å². The highest BCUT2D eigenvalue weighted by atomic mass is 19.3. The van der Waals surface area contributed by atoms with Crippen molar-refractivity contribution in [1.82, 2.24) is 4.90 Å². The van der Waals surface area contributed by atoms with Gasteiger partial charge in [0.05, 0.1) is 13.1 Å². The Bertz CT molecular complexity index is 270. The average Bonchev–Trinajstić information content (AvgIpc) is 2.40. The molecule has 7 heteroatoms. The molecule has 1 fully saturated rings. The standard InChI is InChI=1S/C7H10F2N2O3/c8-7(9)1-4(6(13)14)11(3-7)5(12)2-10/h4H,1-3,10H2,(H,13,14)/t4-/m0/s1. The van der Waals surface area contributed by atoms with Crippen molar-refractivity contribution in [3.05, 3.63) is 0 Å². The van der Waals surface area contributed by atoms with Crippen molar-refractivity contribution in [2.75, 3.05) is 13.1 Å². The molecule has 0 aromatic carbocycles. The molecule has 0 aliphatic carbocycles. The number of carbonyl (C=O) groups is 2. The topological polar surface area (TPSA) is 83.6 Å². The van der Waals surface area contributed by atoms with Crippen molar-refractivity contribution in [2.45, 2.75) is 18.4 Å². The van der Waals surface area contributed by atoms with Crippen LogP contribution in [0.25, 0.3) is 0 Å². The van der Waals surface area contributed by atoms with Crippen LogP contribution in [0.2, 0.25) is 0 Å². The number of carboxylic acid groups (broad SMARTS) is 1. The van der Waals surface area contributed by atoms with Crippen molar-refractivity contribution in [3.63, 3.8) is 0 Å². The molecule has 1 heterocycles. The largest absolute Gasteiger partial charge is 0.480 e. The minimum absolute atomic E-state index is 0.458. The summed E-state index contributed by atoms with van der Waals surface area (Å²) in [4.78, 5) is 22.2. The lowest BCUT2D eigenvalue weighted by atomic mass is 10.2. The molecule has 0 aromatic heterocycles. The van der Waals surface area contributed by atoms with E-state index < -0.39 is 43.4 Å². The molecule has 1 saturated heterocycles. The normalized spacial score (nSPS) is 25.1. The summed E-state index contributed by atoms with van der Waals surface area (Å²) in [6, 6.07) is -1.46. The van der Waals surface area contributed by atoms with Crippen molar-refractivity contribution >= 4 is 11.9 Å². The van der Waals surface area contributed by atoms with E-state index in [0.717, 1.165) is 0 Å². The van der Waals surface area contributed by atoms with Crippen LogP contribution in [0.5, 0.6) is 0 Å². The van der Waals surface area contributed by atoms with Crippen molar-refractivity contribution < 1.29 is 23.5 Å². The van der Waals surface area contributed by atoms with E-state index in [2.05, 4.69) is 0 Å². The maximum Gasteiger partial charge on any atom is 0.326 e. The Morgan fingerprint density at radius 3 is 2.57 bits per heavy atom. The van der Waals surface area contributed by atoms with Crippen LogP contribution in [0.4, 0.5) is 8.78 Å². The molecule has 0 bridgehead atoms. The molecule has 5 nitrogen and oxygen atoms in total. The van der Waals surface area contributed by atoms with E-state index in [1.54, 1.807) is 0 Å². The fraction of sp³-hybridized carbons (Fsp3) is 0.714. The van der Waals surface area contributed by atoms with E-state index in [9.17, 15) is 18.4 Å². The number of amides is 1. The number of nitrogens with two attached hydrogens (primary N) is 1. The monoisotopic (exact) mass is 208 g/mol. The molecule has 1 amide bonds. The fourth-order valence-electron chi connectivity index (χ4n) is 1.42.